The molecule has 184 valence electrons. The zero-order chi connectivity index (χ0) is 25.7. The van der Waals surface area contributed by atoms with Crippen LogP contribution in [0.1, 0.15) is 12.5 Å². The number of hydrogen-bond donors (Lipinski definition) is 1. The summed E-state index contributed by atoms with van der Waals surface area (Å²) < 4.78 is 17.9. The van der Waals surface area contributed by atoms with Gasteiger partial charge in [-0.3, -0.25) is 15.1 Å². The second-order valence-corrected chi connectivity index (χ2v) is 8.54. The molecule has 1 N–H and O–H groups in total. The topological polar surface area (TPSA) is 121 Å². The Balaban J connectivity index is 2.23. The van der Waals surface area contributed by atoms with Crippen LogP contribution in [0.3, 0.4) is 0 Å². The summed E-state index contributed by atoms with van der Waals surface area (Å²) in [6.07, 6.45) is 1.28. The van der Waals surface area contributed by atoms with Gasteiger partial charge in [-0.15, -0.1) is 11.3 Å². The average Bonchev–Trinajstić information content (AvgIpc) is 3.24. The lowest BCUT2D eigenvalue weighted by Crippen LogP contribution is -2.13. The van der Waals surface area contributed by atoms with E-state index >= 15 is 0 Å². The molecule has 3 aromatic rings. The number of hydrogen-bond acceptors (Lipinski definition) is 9. The Morgan fingerprint density at radius 2 is 1.89 bits per heavy atom. The second-order valence-electron chi connectivity index (χ2n) is 7.27. The molecular formula is C23H23ClN4O6S. The number of halogens is 1. The molecule has 0 spiro atoms. The second kappa shape index (κ2) is 11.1. The summed E-state index contributed by atoms with van der Waals surface area (Å²) >= 11 is 7.35. The number of nitrogens with zero attached hydrogens (tertiary/aromatic N) is 4. The molecule has 1 heterocycles. The fourth-order valence-electron chi connectivity index (χ4n) is 3.11. The summed E-state index contributed by atoms with van der Waals surface area (Å²) in [6.45, 7) is 6.10. The van der Waals surface area contributed by atoms with Crippen LogP contribution in [0, 0.1) is 10.1 Å². The maximum absolute atomic E-state index is 11.3. The Bertz CT molecular complexity index is 1350. The first kappa shape index (κ1) is 25.8. The number of rotatable bonds is 9. The third-order valence-electron chi connectivity index (χ3n) is 4.72. The van der Waals surface area contributed by atoms with Gasteiger partial charge in [0.15, 0.2) is 11.5 Å². The fourth-order valence-corrected chi connectivity index (χ4v) is 4.17. The number of nitro benzene ring substituents is 1. The molecule has 2 aromatic carbocycles. The Kier molecular flexibility index (Phi) is 8.15. The molecule has 0 bridgehead atoms. The number of aromatic hydroxyl groups is 1. The molecule has 0 aliphatic rings. The van der Waals surface area contributed by atoms with Crippen LogP contribution >= 0.6 is 22.9 Å². The molecule has 35 heavy (non-hydrogen) atoms. The fraction of sp³-hybridized carbons (Fsp3) is 0.217. The number of nitro groups is 1. The highest BCUT2D eigenvalue weighted by Crippen LogP contribution is 2.41. The van der Waals surface area contributed by atoms with Crippen LogP contribution in [-0.4, -0.2) is 48.8 Å². The van der Waals surface area contributed by atoms with Gasteiger partial charge in [-0.1, -0.05) is 23.8 Å². The minimum Gasteiger partial charge on any atom is -0.502 e. The molecule has 3 rings (SSSR count). The van der Waals surface area contributed by atoms with Crippen molar-refractivity contribution in [2.24, 2.45) is 10.1 Å². The Morgan fingerprint density at radius 3 is 2.43 bits per heavy atom. The zero-order valence-electron chi connectivity index (χ0n) is 19.4. The molecule has 12 heteroatoms. The lowest BCUT2D eigenvalue weighted by molar-refractivity contribution is -0.385. The van der Waals surface area contributed by atoms with Crippen molar-refractivity contribution >= 4 is 34.8 Å². The smallest absolute Gasteiger partial charge is 0.312 e. The van der Waals surface area contributed by atoms with Gasteiger partial charge in [0, 0.05) is 27.6 Å². The highest BCUT2D eigenvalue weighted by atomic mass is 35.5. The standard InChI is InChI=1S/C23H23ClN4O6S/c1-13(2)10-25-23-27(26-11-15-6-16(24)9-17(21(15)29)28(30)31)18(12-35-23)14-7-19(32-3)22(34-5)20(8-14)33-4/h6-9,11-12,29H,1,10H2,2-5H3. The monoisotopic (exact) mass is 518 g/mol. The van der Waals surface area contributed by atoms with Gasteiger partial charge < -0.3 is 19.3 Å². The molecule has 10 nitrogen and oxygen atoms in total. The summed E-state index contributed by atoms with van der Waals surface area (Å²) in [6, 6.07) is 5.98. The van der Waals surface area contributed by atoms with Gasteiger partial charge in [0.05, 0.1) is 44.7 Å². The number of phenols is 1. The molecule has 0 saturated heterocycles. The molecule has 0 aliphatic carbocycles. The van der Waals surface area contributed by atoms with Crippen molar-refractivity contribution in [1.82, 2.24) is 4.68 Å². The lowest BCUT2D eigenvalue weighted by Gasteiger charge is -2.14. The summed E-state index contributed by atoms with van der Waals surface area (Å²) in [5, 5.41) is 28.0. The van der Waals surface area contributed by atoms with E-state index in [1.54, 1.807) is 16.8 Å². The van der Waals surface area contributed by atoms with Gasteiger partial charge in [0.1, 0.15) is 0 Å². The van der Waals surface area contributed by atoms with Crippen molar-refractivity contribution in [1.29, 1.82) is 0 Å². The van der Waals surface area contributed by atoms with Crippen molar-refractivity contribution in [3.63, 3.8) is 0 Å². The first-order valence-electron chi connectivity index (χ1n) is 10.1. The number of aromatic nitrogens is 1. The van der Waals surface area contributed by atoms with Crippen molar-refractivity contribution in [2.45, 2.75) is 6.92 Å². The molecule has 0 radical (unpaired) electrons. The summed E-state index contributed by atoms with van der Waals surface area (Å²) in [5.74, 6) is 0.792. The predicted octanol–water partition coefficient (Wildman–Crippen LogP) is 4.87. The maximum Gasteiger partial charge on any atom is 0.312 e. The Morgan fingerprint density at radius 1 is 1.23 bits per heavy atom. The van der Waals surface area contributed by atoms with E-state index < -0.39 is 16.4 Å². The van der Waals surface area contributed by atoms with Gasteiger partial charge in [-0.05, 0) is 25.1 Å². The van der Waals surface area contributed by atoms with Gasteiger partial charge in [0.2, 0.25) is 16.3 Å². The molecule has 0 saturated carbocycles. The molecule has 0 unspecified atom stereocenters. The lowest BCUT2D eigenvalue weighted by atomic mass is 10.1. The van der Waals surface area contributed by atoms with Crippen LogP contribution in [0.2, 0.25) is 5.02 Å². The van der Waals surface area contributed by atoms with Gasteiger partial charge >= 0.3 is 5.69 Å². The van der Waals surface area contributed by atoms with E-state index in [0.717, 1.165) is 11.6 Å². The summed E-state index contributed by atoms with van der Waals surface area (Å²) in [5.41, 5.74) is 1.72. The average molecular weight is 519 g/mol. The summed E-state index contributed by atoms with van der Waals surface area (Å²) in [4.78, 5) is 15.6. The van der Waals surface area contributed by atoms with Crippen LogP contribution in [0.25, 0.3) is 11.3 Å². The summed E-state index contributed by atoms with van der Waals surface area (Å²) in [7, 11) is 4.55. The highest BCUT2D eigenvalue weighted by Gasteiger charge is 2.19. The minimum absolute atomic E-state index is 0.0737. The molecule has 0 fully saturated rings. The van der Waals surface area contributed by atoms with Crippen LogP contribution in [0.4, 0.5) is 5.69 Å². The number of ether oxygens (including phenoxy) is 3. The number of phenolic OH excluding ortho intramolecular Hbond substituents is 1. The Hall–Kier alpha value is -3.83. The van der Waals surface area contributed by atoms with E-state index in [9.17, 15) is 15.2 Å². The van der Waals surface area contributed by atoms with Crippen molar-refractivity contribution < 1.29 is 24.2 Å². The normalized spacial score (nSPS) is 11.6. The minimum atomic E-state index is -0.717. The van der Waals surface area contributed by atoms with Gasteiger partial charge in [0.25, 0.3) is 0 Å². The van der Waals surface area contributed by atoms with E-state index in [4.69, 9.17) is 25.8 Å². The van der Waals surface area contributed by atoms with E-state index in [2.05, 4.69) is 16.7 Å². The molecule has 0 amide bonds. The zero-order valence-corrected chi connectivity index (χ0v) is 21.0. The third-order valence-corrected chi connectivity index (χ3v) is 5.80. The van der Waals surface area contributed by atoms with Crippen LogP contribution in [0.5, 0.6) is 23.0 Å². The van der Waals surface area contributed by atoms with Gasteiger partial charge in [-0.25, -0.2) is 4.68 Å². The molecular weight excluding hydrogens is 496 g/mol. The van der Waals surface area contributed by atoms with Gasteiger partial charge in [-0.2, -0.15) is 5.10 Å². The van der Waals surface area contributed by atoms with E-state index in [1.165, 1.54) is 44.9 Å². The van der Waals surface area contributed by atoms with E-state index in [-0.39, 0.29) is 10.6 Å². The number of benzene rings is 2. The van der Waals surface area contributed by atoms with Crippen molar-refractivity contribution in [3.05, 3.63) is 67.3 Å². The number of methoxy groups -OCH3 is 3. The van der Waals surface area contributed by atoms with Crippen LogP contribution < -0.4 is 19.0 Å². The largest absolute Gasteiger partial charge is 0.502 e. The van der Waals surface area contributed by atoms with E-state index in [0.29, 0.717) is 39.9 Å². The van der Waals surface area contributed by atoms with Crippen LogP contribution in [0.15, 0.2) is 51.9 Å². The molecule has 1 aromatic heterocycles. The maximum atomic E-state index is 11.3. The Labute approximate surface area is 210 Å². The highest BCUT2D eigenvalue weighted by molar-refractivity contribution is 7.07. The first-order chi connectivity index (χ1) is 16.7. The van der Waals surface area contributed by atoms with Crippen molar-refractivity contribution in [2.75, 3.05) is 27.9 Å². The van der Waals surface area contributed by atoms with Crippen LogP contribution in [-0.2, 0) is 0 Å². The molecule has 0 aliphatic heterocycles. The quantitative estimate of drug-likeness (QED) is 0.187. The van der Waals surface area contributed by atoms with E-state index in [1.807, 2.05) is 12.3 Å². The predicted molar refractivity (Wildman–Crippen MR) is 135 cm³/mol. The third kappa shape index (κ3) is 5.64. The first-order valence-corrected chi connectivity index (χ1v) is 11.3. The SMILES string of the molecule is C=C(C)CN=c1scc(-c2cc(OC)c(OC)c(OC)c2)n1N=Cc1cc(Cl)cc([N+](=O)[O-])c1O. The van der Waals surface area contributed by atoms with Crippen molar-refractivity contribution in [3.8, 4) is 34.3 Å². The number of thiazole rings is 1. The molecule has 0 atom stereocenters.